The van der Waals surface area contributed by atoms with E-state index >= 15 is 0 Å². The van der Waals surface area contributed by atoms with Crippen LogP contribution >= 0.6 is 0 Å². The van der Waals surface area contributed by atoms with Crippen molar-refractivity contribution in [2.24, 2.45) is 0 Å². The molecule has 8 nitrogen and oxygen atoms in total. The van der Waals surface area contributed by atoms with E-state index in [0.717, 1.165) is 5.69 Å². The normalized spacial score (nSPS) is 10.6. The molecular weight excluding hydrogens is 320 g/mol. The third-order valence-corrected chi connectivity index (χ3v) is 3.87. The van der Waals surface area contributed by atoms with E-state index in [-0.39, 0.29) is 17.2 Å². The highest BCUT2D eigenvalue weighted by Crippen LogP contribution is 2.04. The maximum atomic E-state index is 12.2. The van der Waals surface area contributed by atoms with Crippen LogP contribution in [0.5, 0.6) is 0 Å². The average Bonchev–Trinajstić information content (AvgIpc) is 3.12. The third-order valence-electron chi connectivity index (χ3n) is 3.87. The van der Waals surface area contributed by atoms with Crippen molar-refractivity contribution >= 4 is 5.91 Å². The molecule has 2 heterocycles. The number of carbonyl (C=O) groups excluding carboxylic acids is 1. The third kappa shape index (κ3) is 3.63. The van der Waals surface area contributed by atoms with E-state index in [4.69, 9.17) is 0 Å². The lowest BCUT2D eigenvalue weighted by atomic mass is 10.3. The Morgan fingerprint density at radius 1 is 1.20 bits per heavy atom. The van der Waals surface area contributed by atoms with Crippen molar-refractivity contribution in [2.45, 2.75) is 20.4 Å². The van der Waals surface area contributed by atoms with Crippen molar-refractivity contribution in [3.8, 4) is 5.69 Å². The molecule has 1 N–H and O–H groups in total. The summed E-state index contributed by atoms with van der Waals surface area (Å²) in [4.78, 5) is 29.8. The van der Waals surface area contributed by atoms with Crippen LogP contribution in [0.4, 0.5) is 0 Å². The average molecular weight is 338 g/mol. The molecule has 128 valence electrons. The minimum Gasteiger partial charge on any atom is -0.349 e. The topological polar surface area (TPSA) is 94.7 Å². The van der Waals surface area contributed by atoms with Crippen molar-refractivity contribution in [3.63, 3.8) is 0 Å². The van der Waals surface area contributed by atoms with E-state index < -0.39 is 0 Å². The predicted octanol–water partition coefficient (Wildman–Crippen LogP) is 0.871. The Bertz CT molecular complexity index is 945. The molecule has 2 aromatic heterocycles. The lowest BCUT2D eigenvalue weighted by molar-refractivity contribution is 0.0946. The number of hydrogen-bond donors (Lipinski definition) is 1. The SMILES string of the molecule is Cc1ncn(CCNC(=O)c2cnn(-c3ccccc3)n2)c(=O)c1C. The van der Waals surface area contributed by atoms with Gasteiger partial charge in [-0.2, -0.15) is 9.90 Å². The van der Waals surface area contributed by atoms with Crippen LogP contribution in [0.1, 0.15) is 21.7 Å². The lowest BCUT2D eigenvalue weighted by Gasteiger charge is -2.08. The second-order valence-electron chi connectivity index (χ2n) is 5.56. The highest BCUT2D eigenvalue weighted by atomic mass is 16.2. The molecule has 1 amide bonds. The van der Waals surface area contributed by atoms with Gasteiger partial charge in [-0.3, -0.25) is 14.2 Å². The minimum absolute atomic E-state index is 0.100. The molecule has 0 saturated carbocycles. The first-order valence-electron chi connectivity index (χ1n) is 7.85. The van der Waals surface area contributed by atoms with Gasteiger partial charge in [0.1, 0.15) is 0 Å². The number of para-hydroxylation sites is 1. The molecule has 0 radical (unpaired) electrons. The van der Waals surface area contributed by atoms with Gasteiger partial charge in [-0.1, -0.05) is 18.2 Å². The molecule has 0 aliphatic carbocycles. The Morgan fingerprint density at radius 3 is 2.72 bits per heavy atom. The second kappa shape index (κ2) is 7.08. The first kappa shape index (κ1) is 16.6. The Labute approximate surface area is 144 Å². The van der Waals surface area contributed by atoms with Crippen molar-refractivity contribution in [1.29, 1.82) is 0 Å². The van der Waals surface area contributed by atoms with Gasteiger partial charge < -0.3 is 5.32 Å². The van der Waals surface area contributed by atoms with Crippen molar-refractivity contribution in [2.75, 3.05) is 6.54 Å². The number of aromatic nitrogens is 5. The molecule has 0 unspecified atom stereocenters. The summed E-state index contributed by atoms with van der Waals surface area (Å²) in [7, 11) is 0. The molecule has 0 atom stereocenters. The van der Waals surface area contributed by atoms with Crippen molar-refractivity contribution < 1.29 is 4.79 Å². The molecular formula is C17H18N6O2. The Kier molecular flexibility index (Phi) is 4.69. The molecule has 0 aliphatic rings. The standard InChI is InChI=1S/C17H18N6O2/c1-12-13(2)19-11-22(17(12)25)9-8-18-16(24)15-10-20-23(21-15)14-6-4-3-5-7-14/h3-7,10-11H,8-9H2,1-2H3,(H,18,24). The van der Waals surface area contributed by atoms with Gasteiger partial charge >= 0.3 is 0 Å². The minimum atomic E-state index is -0.341. The first-order valence-corrected chi connectivity index (χ1v) is 7.85. The summed E-state index contributed by atoms with van der Waals surface area (Å²) in [6, 6.07) is 9.33. The fourth-order valence-corrected chi connectivity index (χ4v) is 2.27. The number of nitrogens with one attached hydrogen (secondary N) is 1. The number of carbonyl (C=O) groups is 1. The van der Waals surface area contributed by atoms with E-state index in [2.05, 4.69) is 20.5 Å². The molecule has 0 fully saturated rings. The summed E-state index contributed by atoms with van der Waals surface area (Å²) in [6.45, 7) is 4.16. The molecule has 25 heavy (non-hydrogen) atoms. The largest absolute Gasteiger partial charge is 0.349 e. The van der Waals surface area contributed by atoms with Crippen LogP contribution in [0.15, 0.2) is 47.7 Å². The number of amides is 1. The van der Waals surface area contributed by atoms with Crippen molar-refractivity contribution in [3.05, 3.63) is 70.2 Å². The van der Waals surface area contributed by atoms with E-state index in [9.17, 15) is 9.59 Å². The Balaban J connectivity index is 1.61. The van der Waals surface area contributed by atoms with Gasteiger partial charge in [0.2, 0.25) is 0 Å². The number of rotatable bonds is 5. The molecule has 3 rings (SSSR count). The molecule has 0 bridgehead atoms. The number of aryl methyl sites for hydroxylation is 1. The van der Waals surface area contributed by atoms with Gasteiger partial charge in [-0.25, -0.2) is 4.98 Å². The lowest BCUT2D eigenvalue weighted by Crippen LogP contribution is -2.32. The zero-order chi connectivity index (χ0) is 17.8. The highest BCUT2D eigenvalue weighted by molar-refractivity contribution is 5.91. The van der Waals surface area contributed by atoms with Gasteiger partial charge in [0.05, 0.1) is 18.2 Å². The molecule has 0 aliphatic heterocycles. The van der Waals surface area contributed by atoms with Crippen LogP contribution in [-0.4, -0.2) is 37.0 Å². The van der Waals surface area contributed by atoms with Crippen LogP contribution in [0, 0.1) is 13.8 Å². The van der Waals surface area contributed by atoms with E-state index in [1.54, 1.807) is 13.8 Å². The Hall–Kier alpha value is -3.29. The summed E-state index contributed by atoms with van der Waals surface area (Å²) in [5.74, 6) is -0.341. The van der Waals surface area contributed by atoms with Gasteiger partial charge in [0.15, 0.2) is 5.69 Å². The zero-order valence-corrected chi connectivity index (χ0v) is 14.0. The van der Waals surface area contributed by atoms with E-state index in [1.165, 1.54) is 21.9 Å². The van der Waals surface area contributed by atoms with Gasteiger partial charge in [-0.05, 0) is 26.0 Å². The molecule has 0 spiro atoms. The Morgan fingerprint density at radius 2 is 1.96 bits per heavy atom. The van der Waals surface area contributed by atoms with Crippen LogP contribution in [0.25, 0.3) is 5.69 Å². The zero-order valence-electron chi connectivity index (χ0n) is 14.0. The molecule has 0 saturated heterocycles. The van der Waals surface area contributed by atoms with Gasteiger partial charge in [0.25, 0.3) is 11.5 Å². The predicted molar refractivity (Wildman–Crippen MR) is 91.7 cm³/mol. The summed E-state index contributed by atoms with van der Waals surface area (Å²) in [6.07, 6.45) is 2.90. The maximum absolute atomic E-state index is 12.2. The van der Waals surface area contributed by atoms with Crippen LogP contribution < -0.4 is 10.9 Å². The molecule has 3 aromatic rings. The monoisotopic (exact) mass is 338 g/mol. The molecule has 8 heteroatoms. The van der Waals surface area contributed by atoms with Crippen LogP contribution in [-0.2, 0) is 6.54 Å². The number of benzene rings is 1. The van der Waals surface area contributed by atoms with E-state index in [1.807, 2.05) is 30.3 Å². The second-order valence-corrected chi connectivity index (χ2v) is 5.56. The quantitative estimate of drug-likeness (QED) is 0.745. The summed E-state index contributed by atoms with van der Waals surface area (Å²) < 4.78 is 1.48. The maximum Gasteiger partial charge on any atom is 0.273 e. The summed E-state index contributed by atoms with van der Waals surface area (Å²) in [5, 5.41) is 11.0. The van der Waals surface area contributed by atoms with Gasteiger partial charge in [0, 0.05) is 24.3 Å². The fraction of sp³-hybridized carbons (Fsp3) is 0.235. The van der Waals surface area contributed by atoms with Crippen LogP contribution in [0.3, 0.4) is 0 Å². The van der Waals surface area contributed by atoms with Crippen molar-refractivity contribution in [1.82, 2.24) is 29.9 Å². The highest BCUT2D eigenvalue weighted by Gasteiger charge is 2.11. The number of hydrogen-bond acceptors (Lipinski definition) is 5. The van der Waals surface area contributed by atoms with Crippen LogP contribution in [0.2, 0.25) is 0 Å². The molecule has 1 aromatic carbocycles. The summed E-state index contributed by atoms with van der Waals surface area (Å²) >= 11 is 0. The smallest absolute Gasteiger partial charge is 0.273 e. The first-order chi connectivity index (χ1) is 12.1. The number of nitrogens with zero attached hydrogens (tertiary/aromatic N) is 5. The fourth-order valence-electron chi connectivity index (χ4n) is 2.27. The van der Waals surface area contributed by atoms with Gasteiger partial charge in [-0.15, -0.1) is 5.10 Å². The van der Waals surface area contributed by atoms with E-state index in [0.29, 0.717) is 24.3 Å². The summed E-state index contributed by atoms with van der Waals surface area (Å²) in [5.41, 5.74) is 2.21.